The molecule has 0 aliphatic heterocycles. The van der Waals surface area contributed by atoms with Crippen LogP contribution in [0.5, 0.6) is 5.75 Å². The van der Waals surface area contributed by atoms with Gasteiger partial charge in [0.2, 0.25) is 0 Å². The molecular weight excluding hydrogens is 178 g/mol. The zero-order chi connectivity index (χ0) is 9.80. The number of hydrogen-bond donors (Lipinski definition) is 0. The Kier molecular flexibility index (Phi) is 2.15. The van der Waals surface area contributed by atoms with E-state index in [1.165, 1.54) is 4.85 Å². The predicted octanol–water partition coefficient (Wildman–Crippen LogP) is 1.60. The number of hydrogen-bond acceptors (Lipinski definition) is 3. The van der Waals surface area contributed by atoms with Crippen molar-refractivity contribution in [1.82, 2.24) is 9.94 Å². The molecule has 0 saturated heterocycles. The summed E-state index contributed by atoms with van der Waals surface area (Å²) in [5, 5.41) is 12.5. The van der Waals surface area contributed by atoms with Crippen molar-refractivity contribution in [2.45, 2.75) is 0 Å². The van der Waals surface area contributed by atoms with E-state index in [2.05, 4.69) is 5.10 Å². The van der Waals surface area contributed by atoms with Gasteiger partial charge in [0.15, 0.2) is 5.75 Å². The van der Waals surface area contributed by atoms with E-state index >= 15 is 0 Å². The zero-order valence-electron chi connectivity index (χ0n) is 7.29. The summed E-state index contributed by atoms with van der Waals surface area (Å²) in [5.74, 6) is 0.646. The van der Waals surface area contributed by atoms with Gasteiger partial charge in [-0.05, 0) is 30.3 Å². The molecular formula is C10H7N3O. The maximum atomic E-state index is 8.58. The van der Waals surface area contributed by atoms with E-state index in [-0.39, 0.29) is 0 Å². The first kappa shape index (κ1) is 8.32. The van der Waals surface area contributed by atoms with Crippen molar-refractivity contribution in [2.75, 3.05) is 0 Å². The van der Waals surface area contributed by atoms with Gasteiger partial charge in [-0.3, -0.25) is 0 Å². The predicted molar refractivity (Wildman–Crippen MR) is 49.4 cm³/mol. The molecule has 1 heterocycles. The molecule has 0 spiro atoms. The molecule has 2 rings (SSSR count). The van der Waals surface area contributed by atoms with E-state index in [9.17, 15) is 0 Å². The van der Waals surface area contributed by atoms with Gasteiger partial charge in [-0.2, -0.15) is 5.26 Å². The van der Waals surface area contributed by atoms with Crippen molar-refractivity contribution in [2.24, 2.45) is 0 Å². The lowest BCUT2D eigenvalue weighted by atomic mass is 10.2. The van der Waals surface area contributed by atoms with Crippen LogP contribution in [0.4, 0.5) is 0 Å². The average molecular weight is 185 g/mol. The Morgan fingerprint density at radius 2 is 2.07 bits per heavy atom. The SMILES string of the molecule is N#Cc1ccc(On2cccn2)cc1. The molecule has 68 valence electrons. The van der Waals surface area contributed by atoms with Gasteiger partial charge in [-0.15, -0.1) is 9.94 Å². The summed E-state index contributed by atoms with van der Waals surface area (Å²) < 4.78 is 0. The number of benzene rings is 1. The van der Waals surface area contributed by atoms with Crippen molar-refractivity contribution in [3.8, 4) is 11.8 Å². The molecule has 4 nitrogen and oxygen atoms in total. The fraction of sp³-hybridized carbons (Fsp3) is 0. The molecule has 0 bridgehead atoms. The number of rotatable bonds is 2. The van der Waals surface area contributed by atoms with Crippen molar-refractivity contribution in [3.05, 3.63) is 48.3 Å². The maximum Gasteiger partial charge on any atom is 0.157 e. The van der Waals surface area contributed by atoms with Gasteiger partial charge in [0, 0.05) is 0 Å². The van der Waals surface area contributed by atoms with Crippen LogP contribution in [0.2, 0.25) is 0 Å². The molecule has 0 amide bonds. The Morgan fingerprint density at radius 3 is 2.64 bits per heavy atom. The summed E-state index contributed by atoms with van der Waals surface area (Å²) in [6.45, 7) is 0. The Bertz CT molecular complexity index is 439. The second-order valence-electron chi connectivity index (χ2n) is 2.64. The van der Waals surface area contributed by atoms with Gasteiger partial charge in [-0.25, -0.2) is 0 Å². The molecule has 0 aliphatic rings. The fourth-order valence-electron chi connectivity index (χ4n) is 1.01. The third-order valence-corrected chi connectivity index (χ3v) is 1.66. The van der Waals surface area contributed by atoms with Crippen LogP contribution in [-0.2, 0) is 0 Å². The quantitative estimate of drug-likeness (QED) is 0.714. The van der Waals surface area contributed by atoms with Crippen LogP contribution in [0.15, 0.2) is 42.7 Å². The highest BCUT2D eigenvalue weighted by molar-refractivity contribution is 5.34. The van der Waals surface area contributed by atoms with E-state index < -0.39 is 0 Å². The normalized spacial score (nSPS) is 9.36. The highest BCUT2D eigenvalue weighted by atomic mass is 16.7. The third kappa shape index (κ3) is 1.72. The highest BCUT2D eigenvalue weighted by Gasteiger charge is 1.95. The first-order chi connectivity index (χ1) is 6.88. The molecule has 4 heteroatoms. The molecule has 0 unspecified atom stereocenters. The lowest BCUT2D eigenvalue weighted by molar-refractivity contribution is 0.179. The maximum absolute atomic E-state index is 8.58. The number of nitrogens with zero attached hydrogens (tertiary/aromatic N) is 3. The van der Waals surface area contributed by atoms with Crippen LogP contribution in [-0.4, -0.2) is 9.94 Å². The molecule has 14 heavy (non-hydrogen) atoms. The van der Waals surface area contributed by atoms with E-state index in [4.69, 9.17) is 10.1 Å². The smallest absolute Gasteiger partial charge is 0.157 e. The van der Waals surface area contributed by atoms with E-state index in [0.717, 1.165) is 0 Å². The molecule has 0 N–H and O–H groups in total. The number of aromatic nitrogens is 2. The van der Waals surface area contributed by atoms with Crippen LogP contribution in [0.25, 0.3) is 0 Å². The summed E-state index contributed by atoms with van der Waals surface area (Å²) in [6, 6.07) is 10.6. The molecule has 1 aromatic heterocycles. The van der Waals surface area contributed by atoms with Crippen LogP contribution < -0.4 is 4.84 Å². The summed E-state index contributed by atoms with van der Waals surface area (Å²) in [5.41, 5.74) is 0.609. The van der Waals surface area contributed by atoms with Crippen molar-refractivity contribution < 1.29 is 4.84 Å². The second-order valence-corrected chi connectivity index (χ2v) is 2.64. The molecule has 0 aliphatic carbocycles. The Labute approximate surface area is 80.9 Å². The second kappa shape index (κ2) is 3.62. The molecule has 0 saturated carbocycles. The first-order valence-corrected chi connectivity index (χ1v) is 4.06. The minimum Gasteiger partial charge on any atom is -0.358 e. The molecule has 1 aromatic carbocycles. The van der Waals surface area contributed by atoms with Gasteiger partial charge in [-0.1, -0.05) is 0 Å². The van der Waals surface area contributed by atoms with Gasteiger partial charge in [0.05, 0.1) is 24.0 Å². The van der Waals surface area contributed by atoms with Crippen LogP contribution in [0.3, 0.4) is 0 Å². The van der Waals surface area contributed by atoms with E-state index in [1.807, 2.05) is 6.07 Å². The Morgan fingerprint density at radius 1 is 1.29 bits per heavy atom. The minimum absolute atomic E-state index is 0.609. The van der Waals surface area contributed by atoms with Gasteiger partial charge < -0.3 is 4.84 Å². The van der Waals surface area contributed by atoms with Crippen LogP contribution in [0.1, 0.15) is 5.56 Å². The number of nitriles is 1. The monoisotopic (exact) mass is 185 g/mol. The topological polar surface area (TPSA) is 50.8 Å². The fourth-order valence-corrected chi connectivity index (χ4v) is 1.01. The van der Waals surface area contributed by atoms with E-state index in [1.54, 1.807) is 42.7 Å². The average Bonchev–Trinajstić information content (AvgIpc) is 2.72. The zero-order valence-corrected chi connectivity index (χ0v) is 7.29. The lowest BCUT2D eigenvalue weighted by Gasteiger charge is -2.02. The third-order valence-electron chi connectivity index (χ3n) is 1.66. The Hall–Kier alpha value is -2.28. The lowest BCUT2D eigenvalue weighted by Crippen LogP contribution is -2.04. The summed E-state index contributed by atoms with van der Waals surface area (Å²) >= 11 is 0. The Balaban J connectivity index is 2.15. The summed E-state index contributed by atoms with van der Waals surface area (Å²) in [4.78, 5) is 6.66. The minimum atomic E-state index is 0.609. The molecule has 0 atom stereocenters. The van der Waals surface area contributed by atoms with Crippen molar-refractivity contribution >= 4 is 0 Å². The molecule has 0 fully saturated rings. The summed E-state index contributed by atoms with van der Waals surface area (Å²) in [6.07, 6.45) is 3.32. The summed E-state index contributed by atoms with van der Waals surface area (Å²) in [7, 11) is 0. The molecule has 2 aromatic rings. The van der Waals surface area contributed by atoms with Gasteiger partial charge >= 0.3 is 0 Å². The first-order valence-electron chi connectivity index (χ1n) is 4.06. The molecule has 0 radical (unpaired) electrons. The van der Waals surface area contributed by atoms with Gasteiger partial charge in [0.25, 0.3) is 0 Å². The van der Waals surface area contributed by atoms with Crippen LogP contribution in [0, 0.1) is 11.3 Å². The van der Waals surface area contributed by atoms with Crippen molar-refractivity contribution in [3.63, 3.8) is 0 Å². The standard InChI is InChI=1S/C10H7N3O/c11-8-9-2-4-10(5-3-9)14-13-7-1-6-12-13/h1-7H. The van der Waals surface area contributed by atoms with E-state index in [0.29, 0.717) is 11.3 Å². The van der Waals surface area contributed by atoms with Crippen molar-refractivity contribution in [1.29, 1.82) is 5.26 Å². The largest absolute Gasteiger partial charge is 0.358 e. The van der Waals surface area contributed by atoms with Crippen LogP contribution >= 0.6 is 0 Å². The highest BCUT2D eigenvalue weighted by Crippen LogP contribution is 2.11. The van der Waals surface area contributed by atoms with Gasteiger partial charge in [0.1, 0.15) is 0 Å².